The predicted octanol–water partition coefficient (Wildman–Crippen LogP) is 1.00. The molecule has 0 bridgehead atoms. The third-order valence-electron chi connectivity index (χ3n) is 2.73. The summed E-state index contributed by atoms with van der Waals surface area (Å²) in [6.45, 7) is 4.80. The van der Waals surface area contributed by atoms with Crippen molar-refractivity contribution in [3.8, 4) is 6.07 Å². The third kappa shape index (κ3) is 6.59. The van der Waals surface area contributed by atoms with Gasteiger partial charge in [-0.1, -0.05) is 0 Å². The number of methoxy groups -OCH3 is 1. The van der Waals surface area contributed by atoms with Crippen LogP contribution in [0.5, 0.6) is 0 Å². The molecule has 0 saturated carbocycles. The lowest BCUT2D eigenvalue weighted by Crippen LogP contribution is -2.34. The molecule has 0 aliphatic carbocycles. The van der Waals surface area contributed by atoms with Crippen LogP contribution in [0.15, 0.2) is 0 Å². The summed E-state index contributed by atoms with van der Waals surface area (Å²) >= 11 is 0. The Balaban J connectivity index is 2.18. The highest BCUT2D eigenvalue weighted by atomic mass is 16.7. The van der Waals surface area contributed by atoms with Gasteiger partial charge in [-0.05, 0) is 6.42 Å². The van der Waals surface area contributed by atoms with Crippen molar-refractivity contribution in [2.75, 3.05) is 46.6 Å². The molecule has 17 heavy (non-hydrogen) atoms. The number of hydrogen-bond donors (Lipinski definition) is 0. The van der Waals surface area contributed by atoms with Crippen molar-refractivity contribution in [3.05, 3.63) is 0 Å². The van der Waals surface area contributed by atoms with Gasteiger partial charge in [-0.25, -0.2) is 0 Å². The first kappa shape index (κ1) is 14.4. The molecule has 1 aliphatic rings. The van der Waals surface area contributed by atoms with E-state index in [1.165, 1.54) is 0 Å². The van der Waals surface area contributed by atoms with Crippen LogP contribution in [0.4, 0.5) is 0 Å². The van der Waals surface area contributed by atoms with Crippen LogP contribution >= 0.6 is 0 Å². The van der Waals surface area contributed by atoms with Crippen LogP contribution in [-0.4, -0.2) is 57.8 Å². The highest BCUT2D eigenvalue weighted by molar-refractivity contribution is 4.72. The second-order valence-corrected chi connectivity index (χ2v) is 4.06. The molecular weight excluding hydrogens is 220 g/mol. The van der Waals surface area contributed by atoms with Gasteiger partial charge in [-0.3, -0.25) is 4.90 Å². The summed E-state index contributed by atoms with van der Waals surface area (Å²) < 4.78 is 16.0. The van der Waals surface area contributed by atoms with E-state index in [0.717, 1.165) is 45.7 Å². The van der Waals surface area contributed by atoms with Gasteiger partial charge in [0.15, 0.2) is 6.29 Å². The summed E-state index contributed by atoms with van der Waals surface area (Å²) in [5, 5.41) is 8.60. The molecule has 1 saturated heterocycles. The Hall–Kier alpha value is -0.670. The van der Waals surface area contributed by atoms with Crippen LogP contribution in [-0.2, 0) is 14.2 Å². The minimum atomic E-state index is -0.0733. The molecule has 0 unspecified atom stereocenters. The number of nitriles is 1. The fourth-order valence-corrected chi connectivity index (χ4v) is 1.76. The van der Waals surface area contributed by atoms with E-state index < -0.39 is 0 Å². The molecule has 0 aromatic heterocycles. The summed E-state index contributed by atoms with van der Waals surface area (Å²) in [7, 11) is 1.69. The van der Waals surface area contributed by atoms with Crippen LogP contribution in [0.25, 0.3) is 0 Å². The molecule has 1 rings (SSSR count). The van der Waals surface area contributed by atoms with Crippen molar-refractivity contribution in [3.63, 3.8) is 0 Å². The minimum Gasteiger partial charge on any atom is -0.383 e. The molecule has 0 N–H and O–H groups in total. The number of ether oxygens (including phenoxy) is 3. The second kappa shape index (κ2) is 9.37. The molecule has 0 atom stereocenters. The Morgan fingerprint density at radius 2 is 2.06 bits per heavy atom. The molecule has 1 aliphatic heterocycles. The van der Waals surface area contributed by atoms with Gasteiger partial charge >= 0.3 is 0 Å². The summed E-state index contributed by atoms with van der Waals surface area (Å²) in [4.78, 5) is 2.22. The van der Waals surface area contributed by atoms with Gasteiger partial charge in [0.1, 0.15) is 0 Å². The smallest absolute Gasteiger partial charge is 0.158 e. The quantitative estimate of drug-likeness (QED) is 0.635. The highest BCUT2D eigenvalue weighted by Crippen LogP contribution is 2.09. The van der Waals surface area contributed by atoms with Gasteiger partial charge in [0.05, 0.1) is 25.9 Å². The van der Waals surface area contributed by atoms with Crippen molar-refractivity contribution in [1.29, 1.82) is 5.26 Å². The lowest BCUT2D eigenvalue weighted by atomic mass is 10.3. The topological polar surface area (TPSA) is 54.7 Å². The number of hydrogen-bond acceptors (Lipinski definition) is 5. The minimum absolute atomic E-state index is 0.0733. The van der Waals surface area contributed by atoms with E-state index >= 15 is 0 Å². The molecular formula is C12H22N2O3. The second-order valence-electron chi connectivity index (χ2n) is 4.06. The first-order valence-corrected chi connectivity index (χ1v) is 6.18. The van der Waals surface area contributed by atoms with Crippen LogP contribution in [0, 0.1) is 11.3 Å². The van der Waals surface area contributed by atoms with Gasteiger partial charge < -0.3 is 14.2 Å². The van der Waals surface area contributed by atoms with Gasteiger partial charge in [0.2, 0.25) is 0 Å². The largest absolute Gasteiger partial charge is 0.383 e. The van der Waals surface area contributed by atoms with Crippen molar-refractivity contribution in [1.82, 2.24) is 4.90 Å². The maximum Gasteiger partial charge on any atom is 0.158 e. The van der Waals surface area contributed by atoms with Gasteiger partial charge in [-0.2, -0.15) is 5.26 Å². The molecule has 0 spiro atoms. The normalized spacial score (nSPS) is 17.2. The molecule has 5 nitrogen and oxygen atoms in total. The molecule has 98 valence electrons. The van der Waals surface area contributed by atoms with E-state index in [0.29, 0.717) is 13.0 Å². The fourth-order valence-electron chi connectivity index (χ4n) is 1.76. The van der Waals surface area contributed by atoms with E-state index in [1.54, 1.807) is 7.11 Å². The van der Waals surface area contributed by atoms with Crippen LogP contribution in [0.1, 0.15) is 19.3 Å². The number of nitrogens with zero attached hydrogens (tertiary/aromatic N) is 2. The standard InChI is InChI=1S/C12H22N2O3/c1-15-11-8-14(6-2-5-13)7-4-12-16-9-3-10-17-12/h12H,2-4,6-11H2,1H3. The SMILES string of the molecule is COCCN(CCC#N)CCC1OCCCO1. The molecule has 0 radical (unpaired) electrons. The lowest BCUT2D eigenvalue weighted by Gasteiger charge is -2.26. The van der Waals surface area contributed by atoms with Gasteiger partial charge in [0, 0.05) is 39.6 Å². The molecule has 0 aromatic carbocycles. The Morgan fingerprint density at radius 3 is 2.71 bits per heavy atom. The van der Waals surface area contributed by atoms with Crippen LogP contribution in [0.3, 0.4) is 0 Å². The van der Waals surface area contributed by atoms with E-state index in [4.69, 9.17) is 19.5 Å². The molecule has 5 heteroatoms. The van der Waals surface area contributed by atoms with Crippen molar-refractivity contribution >= 4 is 0 Å². The fraction of sp³-hybridized carbons (Fsp3) is 0.917. The monoisotopic (exact) mass is 242 g/mol. The van der Waals surface area contributed by atoms with Gasteiger partial charge in [-0.15, -0.1) is 0 Å². The third-order valence-corrected chi connectivity index (χ3v) is 2.73. The Labute approximate surface area is 103 Å². The molecule has 0 aromatic rings. The summed E-state index contributed by atoms with van der Waals surface area (Å²) in [5.41, 5.74) is 0. The Bertz CT molecular complexity index is 224. The van der Waals surface area contributed by atoms with Crippen LogP contribution < -0.4 is 0 Å². The Morgan fingerprint density at radius 1 is 1.29 bits per heavy atom. The zero-order valence-corrected chi connectivity index (χ0v) is 10.6. The lowest BCUT2D eigenvalue weighted by molar-refractivity contribution is -0.182. The maximum atomic E-state index is 8.60. The zero-order valence-electron chi connectivity index (χ0n) is 10.6. The zero-order chi connectivity index (χ0) is 12.3. The average molecular weight is 242 g/mol. The molecule has 1 fully saturated rings. The van der Waals surface area contributed by atoms with Gasteiger partial charge in [0.25, 0.3) is 0 Å². The summed E-state index contributed by atoms with van der Waals surface area (Å²) in [6.07, 6.45) is 2.32. The van der Waals surface area contributed by atoms with E-state index in [-0.39, 0.29) is 6.29 Å². The van der Waals surface area contributed by atoms with E-state index in [1.807, 2.05) is 0 Å². The molecule has 1 heterocycles. The first-order valence-electron chi connectivity index (χ1n) is 6.18. The average Bonchev–Trinajstić information content (AvgIpc) is 2.39. The Kier molecular flexibility index (Phi) is 7.93. The predicted molar refractivity (Wildman–Crippen MR) is 63.5 cm³/mol. The van der Waals surface area contributed by atoms with Crippen LogP contribution in [0.2, 0.25) is 0 Å². The maximum absolute atomic E-state index is 8.60. The number of rotatable bonds is 8. The van der Waals surface area contributed by atoms with Crippen molar-refractivity contribution in [2.45, 2.75) is 25.6 Å². The first-order chi connectivity index (χ1) is 8.36. The van der Waals surface area contributed by atoms with E-state index in [2.05, 4.69) is 11.0 Å². The van der Waals surface area contributed by atoms with E-state index in [9.17, 15) is 0 Å². The highest BCUT2D eigenvalue weighted by Gasteiger charge is 2.15. The van der Waals surface area contributed by atoms with Crippen molar-refractivity contribution in [2.24, 2.45) is 0 Å². The summed E-state index contributed by atoms with van der Waals surface area (Å²) in [5.74, 6) is 0. The molecule has 0 amide bonds. The summed E-state index contributed by atoms with van der Waals surface area (Å²) in [6, 6.07) is 2.17. The van der Waals surface area contributed by atoms with Crippen molar-refractivity contribution < 1.29 is 14.2 Å².